The highest BCUT2D eigenvalue weighted by molar-refractivity contribution is 5.07. The SMILES string of the molecule is Cc1ncc(CC(C)(C)O)cn1. The first-order valence-electron chi connectivity index (χ1n) is 3.97. The smallest absolute Gasteiger partial charge is 0.125 e. The zero-order valence-corrected chi connectivity index (χ0v) is 7.70. The summed E-state index contributed by atoms with van der Waals surface area (Å²) < 4.78 is 0. The first-order chi connectivity index (χ1) is 5.47. The quantitative estimate of drug-likeness (QED) is 0.715. The molecule has 0 fully saturated rings. The van der Waals surface area contributed by atoms with E-state index >= 15 is 0 Å². The van der Waals surface area contributed by atoms with E-state index in [4.69, 9.17) is 0 Å². The predicted molar refractivity (Wildman–Crippen MR) is 46.8 cm³/mol. The summed E-state index contributed by atoms with van der Waals surface area (Å²) in [5, 5.41) is 9.48. The van der Waals surface area contributed by atoms with Gasteiger partial charge in [0, 0.05) is 18.8 Å². The van der Waals surface area contributed by atoms with Crippen LogP contribution in [0, 0.1) is 6.92 Å². The van der Waals surface area contributed by atoms with Crippen LogP contribution >= 0.6 is 0 Å². The van der Waals surface area contributed by atoms with Gasteiger partial charge in [-0.05, 0) is 26.3 Å². The van der Waals surface area contributed by atoms with Crippen molar-refractivity contribution in [3.8, 4) is 0 Å². The highest BCUT2D eigenvalue weighted by Gasteiger charge is 2.13. The maximum absolute atomic E-state index is 9.48. The minimum absolute atomic E-state index is 0.591. The van der Waals surface area contributed by atoms with E-state index < -0.39 is 5.60 Å². The Balaban J connectivity index is 2.71. The van der Waals surface area contributed by atoms with Crippen molar-refractivity contribution in [2.45, 2.75) is 32.8 Å². The first-order valence-corrected chi connectivity index (χ1v) is 3.97. The van der Waals surface area contributed by atoms with E-state index in [0.717, 1.165) is 11.4 Å². The van der Waals surface area contributed by atoms with Crippen LogP contribution in [-0.4, -0.2) is 20.7 Å². The lowest BCUT2D eigenvalue weighted by molar-refractivity contribution is 0.0808. The lowest BCUT2D eigenvalue weighted by Gasteiger charge is -2.16. The second-order valence-electron chi connectivity index (χ2n) is 3.63. The molecule has 1 heterocycles. The highest BCUT2D eigenvalue weighted by Crippen LogP contribution is 2.09. The minimum Gasteiger partial charge on any atom is -0.390 e. The Kier molecular flexibility index (Phi) is 2.43. The molecule has 1 aromatic heterocycles. The Hall–Kier alpha value is -0.960. The molecule has 3 nitrogen and oxygen atoms in total. The molecule has 0 aromatic carbocycles. The fraction of sp³-hybridized carbons (Fsp3) is 0.556. The van der Waals surface area contributed by atoms with Crippen LogP contribution in [0.4, 0.5) is 0 Å². The van der Waals surface area contributed by atoms with Crippen molar-refractivity contribution in [1.29, 1.82) is 0 Å². The number of aliphatic hydroxyl groups is 1. The molecule has 1 N–H and O–H groups in total. The van der Waals surface area contributed by atoms with Crippen molar-refractivity contribution >= 4 is 0 Å². The van der Waals surface area contributed by atoms with E-state index in [2.05, 4.69) is 9.97 Å². The zero-order chi connectivity index (χ0) is 9.19. The fourth-order valence-electron chi connectivity index (χ4n) is 1.01. The predicted octanol–water partition coefficient (Wildman–Crippen LogP) is 1.10. The number of aryl methyl sites for hydroxylation is 1. The van der Waals surface area contributed by atoms with E-state index in [-0.39, 0.29) is 0 Å². The Morgan fingerprint density at radius 3 is 2.25 bits per heavy atom. The Labute approximate surface area is 72.5 Å². The van der Waals surface area contributed by atoms with Gasteiger partial charge in [0.05, 0.1) is 5.60 Å². The van der Waals surface area contributed by atoms with Gasteiger partial charge in [0.2, 0.25) is 0 Å². The van der Waals surface area contributed by atoms with Gasteiger partial charge in [0.15, 0.2) is 0 Å². The van der Waals surface area contributed by atoms with Crippen molar-refractivity contribution in [2.75, 3.05) is 0 Å². The summed E-state index contributed by atoms with van der Waals surface area (Å²) in [7, 11) is 0. The first kappa shape index (κ1) is 9.13. The number of hydrogen-bond acceptors (Lipinski definition) is 3. The van der Waals surface area contributed by atoms with E-state index in [1.54, 1.807) is 26.2 Å². The highest BCUT2D eigenvalue weighted by atomic mass is 16.3. The average molecular weight is 166 g/mol. The van der Waals surface area contributed by atoms with Gasteiger partial charge in [-0.1, -0.05) is 0 Å². The van der Waals surface area contributed by atoms with Gasteiger partial charge in [0.25, 0.3) is 0 Å². The van der Waals surface area contributed by atoms with Crippen molar-refractivity contribution < 1.29 is 5.11 Å². The molecule has 0 radical (unpaired) electrons. The molecule has 12 heavy (non-hydrogen) atoms. The van der Waals surface area contributed by atoms with Crippen LogP contribution in [0.1, 0.15) is 25.2 Å². The topological polar surface area (TPSA) is 46.0 Å². The Bertz CT molecular complexity index is 248. The normalized spacial score (nSPS) is 11.7. The maximum Gasteiger partial charge on any atom is 0.125 e. The second-order valence-corrected chi connectivity index (χ2v) is 3.63. The molecule has 3 heteroatoms. The third kappa shape index (κ3) is 2.96. The van der Waals surface area contributed by atoms with Crippen LogP contribution in [0.15, 0.2) is 12.4 Å². The maximum atomic E-state index is 9.48. The molecule has 1 rings (SSSR count). The lowest BCUT2D eigenvalue weighted by Crippen LogP contribution is -2.22. The summed E-state index contributed by atoms with van der Waals surface area (Å²) in [6, 6.07) is 0. The Morgan fingerprint density at radius 1 is 1.33 bits per heavy atom. The molecule has 0 aliphatic rings. The number of nitrogens with zero attached hydrogens (tertiary/aromatic N) is 2. The molecule has 0 aliphatic carbocycles. The molecule has 0 amide bonds. The molecule has 0 unspecified atom stereocenters. The van der Waals surface area contributed by atoms with Gasteiger partial charge in [-0.3, -0.25) is 0 Å². The van der Waals surface area contributed by atoms with E-state index in [1.165, 1.54) is 0 Å². The standard InChI is InChI=1S/C9H14N2O/c1-7-10-5-8(6-11-7)4-9(2,3)12/h5-6,12H,4H2,1-3H3. The summed E-state index contributed by atoms with van der Waals surface area (Å²) in [6.45, 7) is 5.38. The molecule has 0 spiro atoms. The molecule has 0 aliphatic heterocycles. The molecular formula is C9H14N2O. The van der Waals surface area contributed by atoms with Gasteiger partial charge >= 0.3 is 0 Å². The zero-order valence-electron chi connectivity index (χ0n) is 7.70. The van der Waals surface area contributed by atoms with Gasteiger partial charge in [-0.25, -0.2) is 9.97 Å². The number of rotatable bonds is 2. The van der Waals surface area contributed by atoms with Gasteiger partial charge in [-0.2, -0.15) is 0 Å². The number of aromatic nitrogens is 2. The molecule has 0 bridgehead atoms. The minimum atomic E-state index is -0.682. The molecule has 66 valence electrons. The molecule has 0 saturated carbocycles. The molecule has 0 saturated heterocycles. The van der Waals surface area contributed by atoms with Crippen molar-refractivity contribution in [2.24, 2.45) is 0 Å². The van der Waals surface area contributed by atoms with Gasteiger partial charge in [0.1, 0.15) is 5.82 Å². The van der Waals surface area contributed by atoms with Gasteiger partial charge < -0.3 is 5.11 Å². The third-order valence-electron chi connectivity index (χ3n) is 1.47. The van der Waals surface area contributed by atoms with Crippen LogP contribution in [0.2, 0.25) is 0 Å². The molecule has 0 atom stereocenters. The average Bonchev–Trinajstić information content (AvgIpc) is 1.91. The number of hydrogen-bond donors (Lipinski definition) is 1. The van der Waals surface area contributed by atoms with E-state index in [0.29, 0.717) is 6.42 Å². The summed E-state index contributed by atoms with van der Waals surface area (Å²) in [5.41, 5.74) is 0.284. The van der Waals surface area contributed by atoms with Crippen LogP contribution in [0.5, 0.6) is 0 Å². The van der Waals surface area contributed by atoms with Crippen LogP contribution in [-0.2, 0) is 6.42 Å². The van der Waals surface area contributed by atoms with Crippen molar-refractivity contribution in [1.82, 2.24) is 9.97 Å². The van der Waals surface area contributed by atoms with Crippen LogP contribution in [0.25, 0.3) is 0 Å². The summed E-state index contributed by atoms with van der Waals surface area (Å²) in [6.07, 6.45) is 4.09. The summed E-state index contributed by atoms with van der Waals surface area (Å²) >= 11 is 0. The Morgan fingerprint density at radius 2 is 1.83 bits per heavy atom. The van der Waals surface area contributed by atoms with Crippen LogP contribution in [0.3, 0.4) is 0 Å². The van der Waals surface area contributed by atoms with Crippen molar-refractivity contribution in [3.05, 3.63) is 23.8 Å². The summed E-state index contributed by atoms with van der Waals surface area (Å²) in [5.74, 6) is 0.759. The van der Waals surface area contributed by atoms with Crippen molar-refractivity contribution in [3.63, 3.8) is 0 Å². The largest absolute Gasteiger partial charge is 0.390 e. The lowest BCUT2D eigenvalue weighted by atomic mass is 10.0. The fourth-order valence-corrected chi connectivity index (χ4v) is 1.01. The third-order valence-corrected chi connectivity index (χ3v) is 1.47. The second kappa shape index (κ2) is 3.19. The van der Waals surface area contributed by atoms with E-state index in [1.807, 2.05) is 6.92 Å². The monoisotopic (exact) mass is 166 g/mol. The summed E-state index contributed by atoms with van der Waals surface area (Å²) in [4.78, 5) is 8.08. The molecule has 1 aromatic rings. The van der Waals surface area contributed by atoms with E-state index in [9.17, 15) is 5.11 Å². The van der Waals surface area contributed by atoms with Crippen LogP contribution < -0.4 is 0 Å². The molecular weight excluding hydrogens is 152 g/mol. The van der Waals surface area contributed by atoms with Gasteiger partial charge in [-0.15, -0.1) is 0 Å².